The molecule has 2 N–H and O–H groups in total. The zero-order valence-corrected chi connectivity index (χ0v) is 14.5. The number of benzene rings is 2. The average Bonchev–Trinajstić information content (AvgIpc) is 3.06. The van der Waals surface area contributed by atoms with Crippen LogP contribution in [0.2, 0.25) is 0 Å². The molecule has 0 bridgehead atoms. The molecule has 0 radical (unpaired) electrons. The van der Waals surface area contributed by atoms with Crippen LogP contribution in [-0.2, 0) is 10.0 Å². The van der Waals surface area contributed by atoms with Crippen LogP contribution in [0.5, 0.6) is 0 Å². The normalized spacial score (nSPS) is 12.7. The molecule has 6 heteroatoms. The highest BCUT2D eigenvalue weighted by molar-refractivity contribution is 7.89. The van der Waals surface area contributed by atoms with E-state index in [0.717, 1.165) is 5.56 Å². The summed E-state index contributed by atoms with van der Waals surface area (Å²) in [6.45, 7) is 5.70. The van der Waals surface area contributed by atoms with E-state index in [1.807, 2.05) is 37.3 Å². The van der Waals surface area contributed by atoms with Crippen molar-refractivity contribution in [1.82, 2.24) is 5.16 Å². The Hall–Kier alpha value is -2.70. The third kappa shape index (κ3) is 3.26. The molecule has 3 rings (SSSR count). The van der Waals surface area contributed by atoms with E-state index >= 15 is 0 Å². The highest BCUT2D eigenvalue weighted by atomic mass is 32.2. The smallest absolute Gasteiger partial charge is 0.238 e. The Labute approximate surface area is 146 Å². The summed E-state index contributed by atoms with van der Waals surface area (Å²) in [5.41, 5.74) is 2.48. The van der Waals surface area contributed by atoms with Crippen molar-refractivity contribution in [2.45, 2.75) is 17.7 Å². The highest BCUT2D eigenvalue weighted by Gasteiger charge is 2.26. The molecule has 2 aromatic carbocycles. The van der Waals surface area contributed by atoms with E-state index in [1.165, 1.54) is 6.07 Å². The topological polar surface area (TPSA) is 86.2 Å². The van der Waals surface area contributed by atoms with Gasteiger partial charge in [0.2, 0.25) is 10.0 Å². The van der Waals surface area contributed by atoms with E-state index in [-0.39, 0.29) is 10.8 Å². The Morgan fingerprint density at radius 2 is 1.76 bits per heavy atom. The van der Waals surface area contributed by atoms with Crippen LogP contribution in [0.15, 0.2) is 76.7 Å². The van der Waals surface area contributed by atoms with E-state index in [0.29, 0.717) is 22.6 Å². The van der Waals surface area contributed by atoms with E-state index in [1.54, 1.807) is 24.3 Å². The van der Waals surface area contributed by atoms with Gasteiger partial charge in [0, 0.05) is 17.0 Å². The Kier molecular flexibility index (Phi) is 4.57. The lowest BCUT2D eigenvalue weighted by molar-refractivity contribution is 0.380. The molecule has 0 aliphatic rings. The average molecular weight is 354 g/mol. The zero-order valence-electron chi connectivity index (χ0n) is 13.7. The Bertz CT molecular complexity index is 1010. The highest BCUT2D eigenvalue weighted by Crippen LogP contribution is 2.40. The minimum atomic E-state index is -3.90. The van der Waals surface area contributed by atoms with Gasteiger partial charge in [-0.3, -0.25) is 0 Å². The summed E-state index contributed by atoms with van der Waals surface area (Å²) < 4.78 is 29.7. The van der Waals surface area contributed by atoms with Gasteiger partial charge in [-0.1, -0.05) is 66.7 Å². The van der Waals surface area contributed by atoms with Crippen LogP contribution >= 0.6 is 0 Å². The van der Waals surface area contributed by atoms with E-state index < -0.39 is 10.0 Å². The van der Waals surface area contributed by atoms with Gasteiger partial charge in [-0.2, -0.15) is 0 Å². The lowest BCUT2D eigenvalue weighted by Crippen LogP contribution is -2.13. The number of hydrogen-bond acceptors (Lipinski definition) is 4. The molecule has 0 saturated heterocycles. The molecule has 128 valence electrons. The Morgan fingerprint density at radius 1 is 1.12 bits per heavy atom. The molecule has 0 fully saturated rings. The summed E-state index contributed by atoms with van der Waals surface area (Å²) in [6.07, 6.45) is 1.72. The second-order valence-corrected chi connectivity index (χ2v) is 7.23. The first-order valence-corrected chi connectivity index (χ1v) is 9.28. The molecular formula is C19H18N2O3S. The fraction of sp³-hybridized carbons (Fsp3) is 0.105. The van der Waals surface area contributed by atoms with Crippen molar-refractivity contribution in [3.05, 3.63) is 73.0 Å². The molecule has 0 aliphatic heterocycles. The molecule has 1 atom stereocenters. The molecule has 1 aromatic heterocycles. The summed E-state index contributed by atoms with van der Waals surface area (Å²) in [7, 11) is -3.90. The molecule has 0 spiro atoms. The van der Waals surface area contributed by atoms with Gasteiger partial charge in [-0.25, -0.2) is 13.6 Å². The molecule has 5 nitrogen and oxygen atoms in total. The van der Waals surface area contributed by atoms with Crippen LogP contribution < -0.4 is 5.14 Å². The molecule has 1 unspecified atom stereocenters. The lowest BCUT2D eigenvalue weighted by Gasteiger charge is -2.11. The maximum atomic E-state index is 12.1. The van der Waals surface area contributed by atoms with E-state index in [4.69, 9.17) is 9.66 Å². The summed E-state index contributed by atoms with van der Waals surface area (Å²) in [5, 5.41) is 9.61. The van der Waals surface area contributed by atoms with Gasteiger partial charge in [0.25, 0.3) is 0 Å². The van der Waals surface area contributed by atoms with Crippen molar-refractivity contribution in [2.75, 3.05) is 0 Å². The zero-order chi connectivity index (χ0) is 18.0. The third-order valence-electron chi connectivity index (χ3n) is 4.00. The van der Waals surface area contributed by atoms with Crippen LogP contribution in [0.25, 0.3) is 22.4 Å². The number of nitrogens with two attached hydrogens (primary N) is 1. The molecule has 1 heterocycles. The van der Waals surface area contributed by atoms with Gasteiger partial charge < -0.3 is 4.52 Å². The maximum Gasteiger partial charge on any atom is 0.238 e. The van der Waals surface area contributed by atoms with Crippen LogP contribution in [0, 0.1) is 0 Å². The van der Waals surface area contributed by atoms with Gasteiger partial charge in [-0.05, 0) is 6.07 Å². The number of aromatic nitrogens is 1. The Morgan fingerprint density at radius 3 is 2.40 bits per heavy atom. The van der Waals surface area contributed by atoms with Crippen LogP contribution in [-0.4, -0.2) is 13.6 Å². The van der Waals surface area contributed by atoms with E-state index in [9.17, 15) is 8.42 Å². The maximum absolute atomic E-state index is 12.1. The van der Waals surface area contributed by atoms with Crippen molar-refractivity contribution >= 4 is 10.0 Å². The standard InChI is InChI=1S/C19H18N2O3S/c1-3-13(2)19-17(15-11-7-8-12-16(15)25(20,22)23)18(21-24-19)14-9-5-4-6-10-14/h3-13H,1H2,2H3,(H2,20,22,23). The molecule has 0 saturated carbocycles. The molecule has 25 heavy (non-hydrogen) atoms. The lowest BCUT2D eigenvalue weighted by atomic mass is 9.94. The minimum Gasteiger partial charge on any atom is -0.359 e. The molecular weight excluding hydrogens is 336 g/mol. The quantitative estimate of drug-likeness (QED) is 0.703. The largest absolute Gasteiger partial charge is 0.359 e. The molecule has 0 amide bonds. The predicted octanol–water partition coefficient (Wildman–Crippen LogP) is 3.95. The van der Waals surface area contributed by atoms with Gasteiger partial charge in [0.05, 0.1) is 10.5 Å². The van der Waals surface area contributed by atoms with Crippen molar-refractivity contribution < 1.29 is 12.9 Å². The monoisotopic (exact) mass is 354 g/mol. The van der Waals surface area contributed by atoms with Crippen LogP contribution in [0.1, 0.15) is 18.6 Å². The number of hydrogen-bond donors (Lipinski definition) is 1. The summed E-state index contributed by atoms with van der Waals surface area (Å²) in [4.78, 5) is 0.0351. The minimum absolute atomic E-state index is 0.0351. The summed E-state index contributed by atoms with van der Waals surface area (Å²) in [5.74, 6) is 0.401. The number of nitrogens with zero attached hydrogens (tertiary/aromatic N) is 1. The van der Waals surface area contributed by atoms with Gasteiger partial charge in [0.15, 0.2) is 5.76 Å². The summed E-state index contributed by atoms with van der Waals surface area (Å²) >= 11 is 0. The third-order valence-corrected chi connectivity index (χ3v) is 4.96. The molecule has 0 aliphatic carbocycles. The van der Waals surface area contributed by atoms with E-state index in [2.05, 4.69) is 11.7 Å². The fourth-order valence-electron chi connectivity index (χ4n) is 2.70. The van der Waals surface area contributed by atoms with Crippen molar-refractivity contribution in [1.29, 1.82) is 0 Å². The number of allylic oxidation sites excluding steroid dienone is 1. The van der Waals surface area contributed by atoms with Crippen molar-refractivity contribution in [3.8, 4) is 22.4 Å². The van der Waals surface area contributed by atoms with Crippen LogP contribution in [0.4, 0.5) is 0 Å². The second kappa shape index (κ2) is 6.66. The molecule has 3 aromatic rings. The van der Waals surface area contributed by atoms with Gasteiger partial charge >= 0.3 is 0 Å². The van der Waals surface area contributed by atoms with Gasteiger partial charge in [0.1, 0.15) is 5.69 Å². The number of rotatable bonds is 5. The van der Waals surface area contributed by atoms with Crippen molar-refractivity contribution in [2.24, 2.45) is 5.14 Å². The SMILES string of the molecule is C=CC(C)c1onc(-c2ccccc2)c1-c1ccccc1S(N)(=O)=O. The number of sulfonamides is 1. The fourth-order valence-corrected chi connectivity index (χ4v) is 3.44. The van der Waals surface area contributed by atoms with Crippen molar-refractivity contribution in [3.63, 3.8) is 0 Å². The Balaban J connectivity index is 2.36. The first-order valence-electron chi connectivity index (χ1n) is 7.73. The first kappa shape index (κ1) is 17.1. The summed E-state index contributed by atoms with van der Waals surface area (Å²) in [6, 6.07) is 16.0. The second-order valence-electron chi connectivity index (χ2n) is 5.70. The predicted molar refractivity (Wildman–Crippen MR) is 97.4 cm³/mol. The van der Waals surface area contributed by atoms with Crippen LogP contribution in [0.3, 0.4) is 0 Å². The first-order chi connectivity index (χ1) is 11.9. The number of primary sulfonamides is 1. The van der Waals surface area contributed by atoms with Gasteiger partial charge in [-0.15, -0.1) is 6.58 Å².